The van der Waals surface area contributed by atoms with Gasteiger partial charge in [0.15, 0.2) is 0 Å². The van der Waals surface area contributed by atoms with Gasteiger partial charge in [0.1, 0.15) is 6.17 Å². The van der Waals surface area contributed by atoms with Crippen LogP contribution in [0.2, 0.25) is 0 Å². The van der Waals surface area contributed by atoms with Crippen molar-refractivity contribution in [3.8, 4) is 0 Å². The molecule has 3 atom stereocenters. The van der Waals surface area contributed by atoms with Crippen molar-refractivity contribution >= 4 is 11.1 Å². The summed E-state index contributed by atoms with van der Waals surface area (Å²) in [5.74, 6) is 0. The summed E-state index contributed by atoms with van der Waals surface area (Å²) in [6.07, 6.45) is -0.177. The number of hydrogen-bond acceptors (Lipinski definition) is 2. The predicted octanol–water partition coefficient (Wildman–Crippen LogP) is -2.63. The van der Waals surface area contributed by atoms with Gasteiger partial charge in [-0.2, -0.15) is 0 Å². The van der Waals surface area contributed by atoms with E-state index in [9.17, 15) is 13.2 Å². The Hall–Kier alpha value is 1.04. The largest absolute Gasteiger partial charge is 1.00 e. The second-order valence-electron chi connectivity index (χ2n) is 1.89. The molecule has 0 heterocycles. The van der Waals surface area contributed by atoms with Crippen molar-refractivity contribution in [3.63, 3.8) is 0 Å². The van der Waals surface area contributed by atoms with Crippen LogP contribution < -0.4 is 29.6 Å². The molecule has 1 aliphatic rings. The van der Waals surface area contributed by atoms with Crippen LogP contribution in [0.4, 0.5) is 4.39 Å². The minimum Gasteiger partial charge on any atom is -0.772 e. The molecule has 1 aliphatic carbocycles. The van der Waals surface area contributed by atoms with Crippen LogP contribution in [0.1, 0.15) is 12.8 Å². The minimum absolute atomic E-state index is 0. The van der Waals surface area contributed by atoms with Crippen molar-refractivity contribution in [2.24, 2.45) is 0 Å². The maximum atomic E-state index is 12.0. The van der Waals surface area contributed by atoms with E-state index in [1.165, 1.54) is 0 Å². The molecule has 2 nitrogen and oxygen atoms in total. The second kappa shape index (κ2) is 4.03. The zero-order chi connectivity index (χ0) is 6.15. The average Bonchev–Trinajstić information content (AvgIpc) is 1.61. The molecule has 0 aromatic rings. The predicted molar refractivity (Wildman–Crippen MR) is 26.8 cm³/mol. The Labute approximate surface area is 77.8 Å². The number of hydrogen-bond donors (Lipinski definition) is 0. The summed E-state index contributed by atoms with van der Waals surface area (Å²) in [4.78, 5) is 0. The smallest absolute Gasteiger partial charge is 0.772 e. The SMILES string of the molecule is O=S([O-])[C@H]1CC[C@H]1F.[Na+]. The van der Waals surface area contributed by atoms with Crippen molar-refractivity contribution in [1.29, 1.82) is 0 Å². The third kappa shape index (κ3) is 2.27. The van der Waals surface area contributed by atoms with Gasteiger partial charge in [0.25, 0.3) is 0 Å². The fourth-order valence-electron chi connectivity index (χ4n) is 0.646. The molecule has 1 unspecified atom stereocenters. The average molecular weight is 160 g/mol. The second-order valence-corrected chi connectivity index (χ2v) is 3.02. The first-order valence-electron chi connectivity index (χ1n) is 2.44. The summed E-state index contributed by atoms with van der Waals surface area (Å²) in [5.41, 5.74) is 0. The van der Waals surface area contributed by atoms with Crippen molar-refractivity contribution < 1.29 is 42.7 Å². The minimum atomic E-state index is -2.18. The maximum Gasteiger partial charge on any atom is 1.00 e. The van der Waals surface area contributed by atoms with Crippen LogP contribution in [-0.4, -0.2) is 20.2 Å². The van der Waals surface area contributed by atoms with Gasteiger partial charge in [-0.1, -0.05) is 0 Å². The first kappa shape index (κ1) is 10.0. The van der Waals surface area contributed by atoms with Gasteiger partial charge in [0.2, 0.25) is 0 Å². The summed E-state index contributed by atoms with van der Waals surface area (Å²) in [5, 5.41) is -0.699. The molecule has 0 amide bonds. The molecule has 9 heavy (non-hydrogen) atoms. The number of halogens is 1. The van der Waals surface area contributed by atoms with Gasteiger partial charge < -0.3 is 4.55 Å². The van der Waals surface area contributed by atoms with Gasteiger partial charge in [0, 0.05) is 0 Å². The molecule has 1 saturated carbocycles. The quantitative estimate of drug-likeness (QED) is 0.311. The van der Waals surface area contributed by atoms with E-state index < -0.39 is 22.5 Å². The van der Waals surface area contributed by atoms with Crippen LogP contribution in [0.15, 0.2) is 0 Å². The van der Waals surface area contributed by atoms with Gasteiger partial charge >= 0.3 is 29.6 Å². The molecule has 0 radical (unpaired) electrons. The van der Waals surface area contributed by atoms with E-state index in [4.69, 9.17) is 0 Å². The molecular weight excluding hydrogens is 154 g/mol. The van der Waals surface area contributed by atoms with E-state index >= 15 is 0 Å². The monoisotopic (exact) mass is 160 g/mol. The van der Waals surface area contributed by atoms with Crippen molar-refractivity contribution in [1.82, 2.24) is 0 Å². The standard InChI is InChI=1S/C4H7FO2S.Na/c5-3-1-2-4(3)8(6)7;/h3-4H,1-2H2,(H,6,7);/q;+1/p-1/t3-,4+;/m1./s1. The van der Waals surface area contributed by atoms with Crippen LogP contribution in [0.5, 0.6) is 0 Å². The summed E-state index contributed by atoms with van der Waals surface area (Å²) in [7, 11) is 0. The van der Waals surface area contributed by atoms with Crippen molar-refractivity contribution in [2.75, 3.05) is 0 Å². The van der Waals surface area contributed by atoms with Crippen LogP contribution in [0.3, 0.4) is 0 Å². The first-order chi connectivity index (χ1) is 3.72. The molecule has 0 aromatic heterocycles. The molecule has 5 heteroatoms. The molecule has 1 fully saturated rings. The number of rotatable bonds is 1. The Morgan fingerprint density at radius 2 is 2.11 bits per heavy atom. The van der Waals surface area contributed by atoms with Crippen LogP contribution in [-0.2, 0) is 11.1 Å². The van der Waals surface area contributed by atoms with Gasteiger partial charge in [-0.15, -0.1) is 0 Å². The van der Waals surface area contributed by atoms with Crippen LogP contribution >= 0.6 is 0 Å². The summed E-state index contributed by atoms with van der Waals surface area (Å²) < 4.78 is 31.9. The van der Waals surface area contributed by atoms with Gasteiger partial charge in [-0.25, -0.2) is 4.39 Å². The van der Waals surface area contributed by atoms with E-state index in [1.807, 2.05) is 0 Å². The van der Waals surface area contributed by atoms with E-state index in [0.717, 1.165) is 0 Å². The zero-order valence-electron chi connectivity index (χ0n) is 5.17. The number of alkyl halides is 1. The third-order valence-electron chi connectivity index (χ3n) is 1.38. The molecule has 0 saturated heterocycles. The summed E-state index contributed by atoms with van der Waals surface area (Å²) >= 11 is -2.18. The maximum absolute atomic E-state index is 12.0. The Morgan fingerprint density at radius 3 is 2.11 bits per heavy atom. The molecule has 0 spiro atoms. The Balaban J connectivity index is 0.000000640. The van der Waals surface area contributed by atoms with Gasteiger partial charge in [-0.05, 0) is 23.9 Å². The topological polar surface area (TPSA) is 40.1 Å². The Morgan fingerprint density at radius 1 is 1.56 bits per heavy atom. The zero-order valence-corrected chi connectivity index (χ0v) is 7.99. The Bertz CT molecular complexity index is 121. The van der Waals surface area contributed by atoms with E-state index in [0.29, 0.717) is 12.8 Å². The first-order valence-corrected chi connectivity index (χ1v) is 3.58. The summed E-state index contributed by atoms with van der Waals surface area (Å²) in [6, 6.07) is 0. The Kier molecular flexibility index (Phi) is 4.50. The van der Waals surface area contributed by atoms with Crippen molar-refractivity contribution in [2.45, 2.75) is 24.3 Å². The van der Waals surface area contributed by atoms with Crippen LogP contribution in [0.25, 0.3) is 0 Å². The fourth-order valence-corrected chi connectivity index (χ4v) is 1.35. The van der Waals surface area contributed by atoms with Gasteiger partial charge in [0.05, 0.1) is 5.25 Å². The normalized spacial score (nSPS) is 36.2. The van der Waals surface area contributed by atoms with Crippen LogP contribution in [0, 0.1) is 0 Å². The molecule has 0 aromatic carbocycles. The van der Waals surface area contributed by atoms with Gasteiger partial charge in [-0.3, -0.25) is 4.21 Å². The fraction of sp³-hybridized carbons (Fsp3) is 1.00. The molecule has 0 bridgehead atoms. The molecule has 0 N–H and O–H groups in total. The molecule has 0 aliphatic heterocycles. The molecule has 48 valence electrons. The molecular formula is C4H6FNaO2S. The third-order valence-corrected chi connectivity index (χ3v) is 2.40. The van der Waals surface area contributed by atoms with E-state index in [-0.39, 0.29) is 29.6 Å². The van der Waals surface area contributed by atoms with Crippen molar-refractivity contribution in [3.05, 3.63) is 0 Å². The molecule has 1 rings (SSSR count). The summed E-state index contributed by atoms with van der Waals surface area (Å²) in [6.45, 7) is 0. The van der Waals surface area contributed by atoms with E-state index in [2.05, 4.69) is 0 Å². The van der Waals surface area contributed by atoms with E-state index in [1.54, 1.807) is 0 Å².